The van der Waals surface area contributed by atoms with Gasteiger partial charge in [0.15, 0.2) is 11.5 Å². The fourth-order valence-electron chi connectivity index (χ4n) is 2.58. The molecule has 0 fully saturated rings. The van der Waals surface area contributed by atoms with Crippen molar-refractivity contribution in [1.82, 2.24) is 4.90 Å². The summed E-state index contributed by atoms with van der Waals surface area (Å²) in [6.45, 7) is 1.08. The van der Waals surface area contributed by atoms with Crippen molar-refractivity contribution < 1.29 is 18.7 Å². The van der Waals surface area contributed by atoms with Crippen molar-refractivity contribution in [3.63, 3.8) is 0 Å². The minimum atomic E-state index is -0.342. The molecule has 0 bridgehead atoms. The molecule has 0 saturated carbocycles. The number of benzene rings is 2. The van der Waals surface area contributed by atoms with Gasteiger partial charge in [-0.05, 0) is 35.9 Å². The topological polar surface area (TPSA) is 38.8 Å². The first-order valence-corrected chi connectivity index (χ1v) is 8.87. The van der Waals surface area contributed by atoms with Crippen LogP contribution in [0.1, 0.15) is 11.1 Å². The summed E-state index contributed by atoms with van der Waals surface area (Å²) in [5, 5.41) is 0.417. The van der Waals surface area contributed by atoms with Gasteiger partial charge < -0.3 is 14.4 Å². The molecule has 7 heteroatoms. The van der Waals surface area contributed by atoms with Crippen LogP contribution in [0.2, 0.25) is 5.02 Å². The molecular formula is C18H16BrClFNO3. The Balaban J connectivity index is 1.71. The summed E-state index contributed by atoms with van der Waals surface area (Å²) in [6.07, 6.45) is 0.141. The summed E-state index contributed by atoms with van der Waals surface area (Å²) in [4.78, 5) is 14.0. The quantitative estimate of drug-likeness (QED) is 0.732. The molecule has 0 spiro atoms. The van der Waals surface area contributed by atoms with E-state index in [9.17, 15) is 9.18 Å². The number of rotatable bonds is 4. The largest absolute Gasteiger partial charge is 0.486 e. The Kier molecular flexibility index (Phi) is 5.49. The highest BCUT2D eigenvalue weighted by atomic mass is 79.9. The number of likely N-dealkylation sites (N-methyl/N-ethyl adjacent to an activating group) is 1. The number of amides is 1. The number of hydrogen-bond donors (Lipinski definition) is 0. The summed E-state index contributed by atoms with van der Waals surface area (Å²) in [5.74, 6) is 0.563. The van der Waals surface area contributed by atoms with E-state index in [2.05, 4.69) is 15.9 Å². The Morgan fingerprint density at radius 1 is 1.28 bits per heavy atom. The van der Waals surface area contributed by atoms with Crippen LogP contribution in [0, 0.1) is 5.82 Å². The van der Waals surface area contributed by atoms with Crippen LogP contribution in [0.5, 0.6) is 11.5 Å². The van der Waals surface area contributed by atoms with E-state index >= 15 is 0 Å². The lowest BCUT2D eigenvalue weighted by Gasteiger charge is -2.21. The molecule has 0 saturated heterocycles. The van der Waals surface area contributed by atoms with Crippen molar-refractivity contribution in [2.75, 3.05) is 20.3 Å². The Morgan fingerprint density at radius 2 is 2.04 bits per heavy atom. The highest BCUT2D eigenvalue weighted by Gasteiger charge is 2.19. The molecule has 1 amide bonds. The van der Waals surface area contributed by atoms with Gasteiger partial charge in [0.2, 0.25) is 5.91 Å². The molecular weight excluding hydrogens is 413 g/mol. The first-order valence-electron chi connectivity index (χ1n) is 7.70. The zero-order chi connectivity index (χ0) is 18.0. The van der Waals surface area contributed by atoms with E-state index in [1.54, 1.807) is 31.3 Å². The molecule has 0 unspecified atom stereocenters. The highest BCUT2D eigenvalue weighted by Crippen LogP contribution is 2.38. The third-order valence-corrected chi connectivity index (χ3v) is 4.63. The second-order valence-corrected chi connectivity index (χ2v) is 7.09. The molecule has 0 atom stereocenters. The van der Waals surface area contributed by atoms with E-state index in [-0.39, 0.29) is 24.7 Å². The Bertz CT molecular complexity index is 815. The predicted molar refractivity (Wildman–Crippen MR) is 96.7 cm³/mol. The summed E-state index contributed by atoms with van der Waals surface area (Å²) < 4.78 is 25.6. The van der Waals surface area contributed by atoms with Crippen LogP contribution in [0.3, 0.4) is 0 Å². The van der Waals surface area contributed by atoms with Crippen molar-refractivity contribution in [2.45, 2.75) is 13.0 Å². The molecule has 0 aliphatic carbocycles. The number of hydrogen-bond acceptors (Lipinski definition) is 3. The molecule has 132 valence electrons. The molecule has 0 N–H and O–H groups in total. The van der Waals surface area contributed by atoms with Crippen LogP contribution >= 0.6 is 27.5 Å². The third-order valence-electron chi connectivity index (χ3n) is 3.85. The molecule has 3 rings (SSSR count). The first-order chi connectivity index (χ1) is 11.9. The van der Waals surface area contributed by atoms with Gasteiger partial charge in [-0.2, -0.15) is 0 Å². The lowest BCUT2D eigenvalue weighted by atomic mass is 10.1. The normalized spacial score (nSPS) is 12.8. The van der Waals surface area contributed by atoms with Crippen LogP contribution in [0.25, 0.3) is 0 Å². The van der Waals surface area contributed by atoms with Gasteiger partial charge in [0.1, 0.15) is 19.0 Å². The summed E-state index contributed by atoms with van der Waals surface area (Å²) >= 11 is 9.50. The predicted octanol–water partition coefficient (Wildman–Crippen LogP) is 4.21. The average molecular weight is 429 g/mol. The van der Waals surface area contributed by atoms with Crippen molar-refractivity contribution in [3.8, 4) is 11.5 Å². The molecule has 2 aromatic carbocycles. The minimum absolute atomic E-state index is 0.141. The van der Waals surface area contributed by atoms with Crippen LogP contribution < -0.4 is 9.47 Å². The molecule has 0 radical (unpaired) electrons. The smallest absolute Gasteiger partial charge is 0.227 e. The number of fused-ring (bicyclic) bond motifs is 1. The van der Waals surface area contributed by atoms with Gasteiger partial charge >= 0.3 is 0 Å². The van der Waals surface area contributed by atoms with Crippen molar-refractivity contribution in [1.29, 1.82) is 0 Å². The zero-order valence-corrected chi connectivity index (χ0v) is 15.9. The Labute approximate surface area is 158 Å². The molecule has 4 nitrogen and oxygen atoms in total. The highest BCUT2D eigenvalue weighted by molar-refractivity contribution is 9.10. The maximum Gasteiger partial charge on any atom is 0.227 e. The summed E-state index contributed by atoms with van der Waals surface area (Å²) in [6, 6.07) is 8.11. The molecule has 1 heterocycles. The second kappa shape index (κ2) is 7.62. The van der Waals surface area contributed by atoms with E-state index in [1.807, 2.05) is 0 Å². The molecule has 2 aromatic rings. The van der Waals surface area contributed by atoms with Gasteiger partial charge in [-0.15, -0.1) is 0 Å². The monoisotopic (exact) mass is 427 g/mol. The van der Waals surface area contributed by atoms with E-state index in [4.69, 9.17) is 21.1 Å². The van der Waals surface area contributed by atoms with E-state index in [0.717, 1.165) is 10.0 Å². The number of carbonyl (C=O) groups excluding carboxylic acids is 1. The molecule has 0 aromatic heterocycles. The first kappa shape index (κ1) is 18.0. The number of nitrogens with zero attached hydrogens (tertiary/aromatic N) is 1. The average Bonchev–Trinajstić information content (AvgIpc) is 2.58. The fraction of sp³-hybridized carbons (Fsp3) is 0.278. The fourth-order valence-corrected chi connectivity index (χ4v) is 3.28. The van der Waals surface area contributed by atoms with Crippen molar-refractivity contribution >= 4 is 33.4 Å². The van der Waals surface area contributed by atoms with Gasteiger partial charge in [0.25, 0.3) is 0 Å². The number of ether oxygens (including phenoxy) is 2. The maximum absolute atomic E-state index is 13.9. The second-order valence-electron chi connectivity index (χ2n) is 5.76. The van der Waals surface area contributed by atoms with Crippen LogP contribution in [0.4, 0.5) is 4.39 Å². The molecule has 1 aliphatic rings. The summed E-state index contributed by atoms with van der Waals surface area (Å²) in [5.41, 5.74) is 1.17. The lowest BCUT2D eigenvalue weighted by molar-refractivity contribution is -0.129. The zero-order valence-electron chi connectivity index (χ0n) is 13.5. The van der Waals surface area contributed by atoms with E-state index in [0.29, 0.717) is 35.3 Å². The number of halogens is 3. The minimum Gasteiger partial charge on any atom is -0.486 e. The number of carbonyl (C=O) groups is 1. The lowest BCUT2D eigenvalue weighted by Crippen LogP contribution is -2.28. The van der Waals surface area contributed by atoms with E-state index < -0.39 is 0 Å². The maximum atomic E-state index is 13.9. The van der Waals surface area contributed by atoms with Crippen LogP contribution in [-0.4, -0.2) is 31.1 Å². The van der Waals surface area contributed by atoms with Crippen molar-refractivity contribution in [3.05, 3.63) is 56.8 Å². The third kappa shape index (κ3) is 4.25. The van der Waals surface area contributed by atoms with Gasteiger partial charge in [0, 0.05) is 23.6 Å². The van der Waals surface area contributed by atoms with Gasteiger partial charge in [-0.25, -0.2) is 4.39 Å². The van der Waals surface area contributed by atoms with E-state index in [1.165, 1.54) is 11.0 Å². The van der Waals surface area contributed by atoms with Gasteiger partial charge in [-0.1, -0.05) is 27.5 Å². The molecule has 1 aliphatic heterocycles. The van der Waals surface area contributed by atoms with Gasteiger partial charge in [0.05, 0.1) is 11.4 Å². The van der Waals surface area contributed by atoms with Crippen LogP contribution in [0.15, 0.2) is 34.8 Å². The molecule has 25 heavy (non-hydrogen) atoms. The van der Waals surface area contributed by atoms with Gasteiger partial charge in [-0.3, -0.25) is 4.79 Å². The van der Waals surface area contributed by atoms with Crippen LogP contribution in [-0.2, 0) is 17.8 Å². The SMILES string of the molecule is CN(Cc1cc(Br)ccc1F)C(=O)Cc1cc(Cl)c2c(c1)OCCO2. The Morgan fingerprint density at radius 3 is 2.84 bits per heavy atom. The summed E-state index contributed by atoms with van der Waals surface area (Å²) in [7, 11) is 1.64. The Hall–Kier alpha value is -1.79. The van der Waals surface area contributed by atoms with Crippen molar-refractivity contribution in [2.24, 2.45) is 0 Å². The standard InChI is InChI=1S/C18H16BrClFNO3/c1-22(10-12-9-13(19)2-3-15(12)21)17(23)8-11-6-14(20)18-16(7-11)24-4-5-25-18/h2-3,6-7,9H,4-5,8,10H2,1H3.